The van der Waals surface area contributed by atoms with Crippen LogP contribution in [0, 0.1) is 0 Å². The standard InChI is InChI=1S/C17H15N7/c1-2-6-13-12(5-1)22-17(23-13)10-19-15-9-16(21-11-20-15)24-14-7-3-4-8-18-14/h1-9,11H,10H2,(H,22,23)(H2,18,19,20,21,24). The molecule has 24 heavy (non-hydrogen) atoms. The van der Waals surface area contributed by atoms with Crippen LogP contribution in [0.2, 0.25) is 0 Å². The van der Waals surface area contributed by atoms with Crippen molar-refractivity contribution >= 4 is 28.5 Å². The molecule has 3 aromatic heterocycles. The minimum absolute atomic E-state index is 0.550. The van der Waals surface area contributed by atoms with Crippen molar-refractivity contribution in [2.24, 2.45) is 0 Å². The van der Waals surface area contributed by atoms with Crippen LogP contribution in [0.4, 0.5) is 17.5 Å². The van der Waals surface area contributed by atoms with Gasteiger partial charge in [-0.05, 0) is 24.3 Å². The second kappa shape index (κ2) is 6.33. The Morgan fingerprint density at radius 1 is 0.875 bits per heavy atom. The summed E-state index contributed by atoms with van der Waals surface area (Å²) < 4.78 is 0. The van der Waals surface area contributed by atoms with Gasteiger partial charge in [0.1, 0.15) is 29.6 Å². The van der Waals surface area contributed by atoms with Crippen LogP contribution in [0.3, 0.4) is 0 Å². The average Bonchev–Trinajstić information content (AvgIpc) is 3.04. The Bertz CT molecular complexity index is 916. The number of fused-ring (bicyclic) bond motifs is 1. The van der Waals surface area contributed by atoms with Crippen LogP contribution >= 0.6 is 0 Å². The summed E-state index contributed by atoms with van der Waals surface area (Å²) in [6.45, 7) is 0.550. The van der Waals surface area contributed by atoms with Crippen molar-refractivity contribution in [1.29, 1.82) is 0 Å². The van der Waals surface area contributed by atoms with Gasteiger partial charge < -0.3 is 15.6 Å². The zero-order chi connectivity index (χ0) is 16.2. The van der Waals surface area contributed by atoms with Crippen molar-refractivity contribution in [2.45, 2.75) is 6.54 Å². The molecule has 0 aliphatic carbocycles. The maximum absolute atomic E-state index is 4.53. The fraction of sp³-hybridized carbons (Fsp3) is 0.0588. The highest BCUT2D eigenvalue weighted by Gasteiger charge is 2.04. The highest BCUT2D eigenvalue weighted by molar-refractivity contribution is 5.74. The van der Waals surface area contributed by atoms with Gasteiger partial charge in [0.05, 0.1) is 17.6 Å². The first kappa shape index (κ1) is 14.1. The molecule has 1 aromatic carbocycles. The molecule has 0 spiro atoms. The number of nitrogens with zero attached hydrogens (tertiary/aromatic N) is 4. The number of aromatic amines is 1. The summed E-state index contributed by atoms with van der Waals surface area (Å²) in [7, 11) is 0. The topological polar surface area (TPSA) is 91.4 Å². The van der Waals surface area contributed by atoms with E-state index in [1.54, 1.807) is 6.20 Å². The molecule has 118 valence electrons. The maximum Gasteiger partial charge on any atom is 0.137 e. The van der Waals surface area contributed by atoms with E-state index >= 15 is 0 Å². The van der Waals surface area contributed by atoms with Gasteiger partial charge in [-0.1, -0.05) is 18.2 Å². The van der Waals surface area contributed by atoms with Crippen LogP contribution in [-0.2, 0) is 6.54 Å². The number of benzene rings is 1. The number of para-hydroxylation sites is 2. The number of hydrogen-bond acceptors (Lipinski definition) is 6. The summed E-state index contributed by atoms with van der Waals surface area (Å²) >= 11 is 0. The fourth-order valence-corrected chi connectivity index (χ4v) is 2.35. The zero-order valence-electron chi connectivity index (χ0n) is 12.8. The van der Waals surface area contributed by atoms with E-state index in [0.29, 0.717) is 18.2 Å². The molecule has 0 aliphatic rings. The van der Waals surface area contributed by atoms with Gasteiger partial charge in [0.15, 0.2) is 0 Å². The van der Waals surface area contributed by atoms with Gasteiger partial charge >= 0.3 is 0 Å². The number of aromatic nitrogens is 5. The van der Waals surface area contributed by atoms with Crippen molar-refractivity contribution in [1.82, 2.24) is 24.9 Å². The van der Waals surface area contributed by atoms with Gasteiger partial charge in [-0.3, -0.25) is 0 Å². The first-order chi connectivity index (χ1) is 11.9. The smallest absolute Gasteiger partial charge is 0.137 e. The van der Waals surface area contributed by atoms with Crippen molar-refractivity contribution in [3.05, 3.63) is 66.9 Å². The lowest BCUT2D eigenvalue weighted by molar-refractivity contribution is 0.991. The quantitative estimate of drug-likeness (QED) is 0.524. The van der Waals surface area contributed by atoms with Crippen molar-refractivity contribution in [3.63, 3.8) is 0 Å². The molecule has 7 heteroatoms. The molecule has 7 nitrogen and oxygen atoms in total. The molecule has 0 fully saturated rings. The Hall–Kier alpha value is -3.48. The summed E-state index contributed by atoms with van der Waals surface area (Å²) in [5.41, 5.74) is 1.98. The first-order valence-corrected chi connectivity index (χ1v) is 7.54. The van der Waals surface area contributed by atoms with E-state index < -0.39 is 0 Å². The van der Waals surface area contributed by atoms with E-state index in [1.165, 1.54) is 6.33 Å². The van der Waals surface area contributed by atoms with Gasteiger partial charge in [0.2, 0.25) is 0 Å². The van der Waals surface area contributed by atoms with E-state index in [2.05, 4.69) is 35.6 Å². The summed E-state index contributed by atoms with van der Waals surface area (Å²) in [6, 6.07) is 15.4. The fourth-order valence-electron chi connectivity index (χ4n) is 2.35. The summed E-state index contributed by atoms with van der Waals surface area (Å²) in [4.78, 5) is 20.4. The molecule has 0 saturated carbocycles. The molecule has 0 unspecified atom stereocenters. The summed E-state index contributed by atoms with van der Waals surface area (Å²) in [5, 5.41) is 6.38. The van der Waals surface area contributed by atoms with Crippen LogP contribution in [0.5, 0.6) is 0 Å². The molecule has 0 saturated heterocycles. The average molecular weight is 317 g/mol. The van der Waals surface area contributed by atoms with E-state index in [9.17, 15) is 0 Å². The Balaban J connectivity index is 1.45. The van der Waals surface area contributed by atoms with Gasteiger partial charge in [0.25, 0.3) is 0 Å². The molecule has 0 bridgehead atoms. The third-order valence-electron chi connectivity index (χ3n) is 3.46. The highest BCUT2D eigenvalue weighted by Crippen LogP contribution is 2.15. The number of hydrogen-bond donors (Lipinski definition) is 3. The molecule has 0 atom stereocenters. The Morgan fingerprint density at radius 2 is 1.75 bits per heavy atom. The molecule has 3 heterocycles. The largest absolute Gasteiger partial charge is 0.363 e. The van der Waals surface area contributed by atoms with Gasteiger partial charge in [0, 0.05) is 12.3 Å². The number of pyridine rings is 1. The number of rotatable bonds is 5. The van der Waals surface area contributed by atoms with E-state index in [1.807, 2.05) is 48.5 Å². The predicted octanol–water partition coefficient (Wildman–Crippen LogP) is 3.10. The lowest BCUT2D eigenvalue weighted by atomic mass is 10.3. The van der Waals surface area contributed by atoms with Gasteiger partial charge in [-0.25, -0.2) is 19.9 Å². The normalized spacial score (nSPS) is 10.7. The van der Waals surface area contributed by atoms with Crippen LogP contribution in [0.25, 0.3) is 11.0 Å². The Labute approximate surface area is 138 Å². The van der Waals surface area contributed by atoms with Crippen molar-refractivity contribution in [3.8, 4) is 0 Å². The van der Waals surface area contributed by atoms with E-state index in [4.69, 9.17) is 0 Å². The minimum Gasteiger partial charge on any atom is -0.363 e. The minimum atomic E-state index is 0.550. The van der Waals surface area contributed by atoms with Gasteiger partial charge in [-0.2, -0.15) is 0 Å². The molecule has 4 aromatic rings. The summed E-state index contributed by atoms with van der Waals surface area (Å²) in [5.74, 6) is 2.98. The molecule has 0 aliphatic heterocycles. The zero-order valence-corrected chi connectivity index (χ0v) is 12.8. The monoisotopic (exact) mass is 317 g/mol. The number of imidazole rings is 1. The predicted molar refractivity (Wildman–Crippen MR) is 93.0 cm³/mol. The molecular weight excluding hydrogens is 302 g/mol. The molecule has 0 radical (unpaired) electrons. The summed E-state index contributed by atoms with van der Waals surface area (Å²) in [6.07, 6.45) is 3.23. The molecular formula is C17H15N7. The van der Waals surface area contributed by atoms with E-state index in [-0.39, 0.29) is 0 Å². The number of H-pyrrole nitrogens is 1. The SMILES string of the molecule is c1ccc(Nc2cc(NCc3nc4ccccc4[nH]3)ncn2)nc1. The number of anilines is 3. The van der Waals surface area contributed by atoms with Crippen molar-refractivity contribution < 1.29 is 0 Å². The van der Waals surface area contributed by atoms with Gasteiger partial charge in [-0.15, -0.1) is 0 Å². The number of nitrogens with one attached hydrogen (secondary N) is 3. The third kappa shape index (κ3) is 3.14. The molecule has 0 amide bonds. The van der Waals surface area contributed by atoms with Crippen molar-refractivity contribution in [2.75, 3.05) is 10.6 Å². The third-order valence-corrected chi connectivity index (χ3v) is 3.46. The van der Waals surface area contributed by atoms with Crippen LogP contribution in [0.1, 0.15) is 5.82 Å². The lowest BCUT2D eigenvalue weighted by Gasteiger charge is -2.07. The van der Waals surface area contributed by atoms with Crippen LogP contribution in [0.15, 0.2) is 61.1 Å². The van der Waals surface area contributed by atoms with E-state index in [0.717, 1.165) is 22.7 Å². The maximum atomic E-state index is 4.53. The molecule has 3 N–H and O–H groups in total. The van der Waals surface area contributed by atoms with Crippen LogP contribution < -0.4 is 10.6 Å². The second-order valence-electron chi connectivity index (χ2n) is 5.18. The van der Waals surface area contributed by atoms with Crippen LogP contribution in [-0.4, -0.2) is 24.9 Å². The Morgan fingerprint density at radius 3 is 2.62 bits per heavy atom. The Kier molecular flexibility index (Phi) is 3.73. The first-order valence-electron chi connectivity index (χ1n) is 7.54. The second-order valence-corrected chi connectivity index (χ2v) is 5.18. The molecule has 4 rings (SSSR count). The highest BCUT2D eigenvalue weighted by atomic mass is 15.1. The lowest BCUT2D eigenvalue weighted by Crippen LogP contribution is -2.04.